The number of H-pyrrole nitrogens is 1. The molecule has 4 heteroatoms. The largest absolute Gasteiger partial charge is 1.00 e. The molecule has 1 heterocycles. The van der Waals surface area contributed by atoms with Crippen LogP contribution in [-0.2, 0) is 0 Å². The first-order valence-electron chi connectivity index (χ1n) is 5.02. The first-order valence-corrected chi connectivity index (χ1v) is 5.02. The first-order chi connectivity index (χ1) is 6.90. The fourth-order valence-corrected chi connectivity index (χ4v) is 1.16. The van der Waals surface area contributed by atoms with Crippen LogP contribution in [0.2, 0.25) is 0 Å². The van der Waals surface area contributed by atoms with E-state index >= 15 is 0 Å². The Morgan fingerprint density at radius 3 is 2.53 bits per heavy atom. The number of hydrogen-bond acceptors (Lipinski definition) is 1. The van der Waals surface area contributed by atoms with Crippen LogP contribution in [0.25, 0.3) is 11.0 Å². The van der Waals surface area contributed by atoms with Gasteiger partial charge in [0, 0.05) is 11.1 Å². The van der Waals surface area contributed by atoms with Gasteiger partial charge in [-0.3, -0.25) is 0 Å². The fourth-order valence-electron chi connectivity index (χ4n) is 1.16. The Balaban J connectivity index is 0.000000617. The maximum atomic E-state index is 4.28. The molecule has 3 nitrogen and oxygen atoms in total. The van der Waals surface area contributed by atoms with E-state index in [9.17, 15) is 0 Å². The van der Waals surface area contributed by atoms with E-state index in [1.165, 1.54) is 0 Å². The Morgan fingerprint density at radius 2 is 1.93 bits per heavy atom. The number of fused-ring (bicyclic) bond motifs is 1. The number of hydrogen-bond donors (Lipinski definition) is 1. The summed E-state index contributed by atoms with van der Waals surface area (Å²) in [4.78, 5) is 11.6. The summed E-state index contributed by atoms with van der Waals surface area (Å²) in [6.45, 7) is 6.76. The van der Waals surface area contributed by atoms with Gasteiger partial charge in [-0.1, -0.05) is 45.0 Å². The molecule has 1 N–H and O–H groups in total. The van der Waals surface area contributed by atoms with E-state index in [0.717, 1.165) is 23.2 Å². The predicted octanol–water partition coefficient (Wildman–Crippen LogP) is -0.924. The van der Waals surface area contributed by atoms with Crippen molar-refractivity contribution < 1.29 is 58.2 Å². The normalized spacial score (nSPS) is 10.5. The van der Waals surface area contributed by atoms with Crippen LogP contribution in [0.3, 0.4) is 0 Å². The molecule has 0 saturated carbocycles. The smallest absolute Gasteiger partial charge is 0.411 e. The van der Waals surface area contributed by atoms with Gasteiger partial charge in [0.15, 0.2) is 0 Å². The molecule has 2 aromatic rings. The summed E-state index contributed by atoms with van der Waals surface area (Å²) >= 11 is 0. The minimum absolute atomic E-state index is 0. The third-order valence-corrected chi connectivity index (χ3v) is 1.68. The summed E-state index contributed by atoms with van der Waals surface area (Å²) in [6, 6.07) is 7.92. The van der Waals surface area contributed by atoms with Crippen LogP contribution < -0.4 is 68.8 Å². The van der Waals surface area contributed by atoms with Crippen molar-refractivity contribution in [3.05, 3.63) is 29.9 Å². The summed E-state index contributed by atoms with van der Waals surface area (Å²) in [7, 11) is 0. The number of nitrogens with one attached hydrogen (secondary N) is 1. The van der Waals surface area contributed by atoms with E-state index in [4.69, 9.17) is 0 Å². The van der Waals surface area contributed by atoms with Crippen LogP contribution in [0.15, 0.2) is 29.3 Å². The molecule has 0 amide bonds. The SMILES string of the molecule is CC.CCN=c1[n-]c2ccccc2[nH]1.[Rb+]. The molecular weight excluding hydrogens is 260 g/mol. The van der Waals surface area contributed by atoms with Crippen LogP contribution >= 0.6 is 0 Å². The Bertz CT molecular complexity index is 406. The Labute approximate surface area is 139 Å². The van der Waals surface area contributed by atoms with E-state index in [1.54, 1.807) is 0 Å². The van der Waals surface area contributed by atoms with Gasteiger partial charge >= 0.3 is 58.2 Å². The van der Waals surface area contributed by atoms with E-state index in [-0.39, 0.29) is 58.2 Å². The van der Waals surface area contributed by atoms with Crippen LogP contribution in [0.1, 0.15) is 20.8 Å². The minimum atomic E-state index is 0. The summed E-state index contributed by atoms with van der Waals surface area (Å²) in [5, 5.41) is 0. The maximum Gasteiger partial charge on any atom is 1.00 e. The van der Waals surface area contributed by atoms with Crippen molar-refractivity contribution in [2.75, 3.05) is 6.54 Å². The second-order valence-corrected chi connectivity index (χ2v) is 2.55. The number of para-hydroxylation sites is 2. The van der Waals surface area contributed by atoms with Crippen molar-refractivity contribution in [2.45, 2.75) is 20.8 Å². The quantitative estimate of drug-likeness (QED) is 0.718. The number of aromatic nitrogens is 2. The molecule has 0 unspecified atom stereocenters. The Kier molecular flexibility index (Phi) is 8.61. The zero-order valence-corrected chi connectivity index (χ0v) is 14.8. The van der Waals surface area contributed by atoms with Gasteiger partial charge in [0.1, 0.15) is 0 Å². The summed E-state index contributed by atoms with van der Waals surface area (Å²) in [5.41, 5.74) is 2.74. The minimum Gasteiger partial charge on any atom is -0.411 e. The maximum absolute atomic E-state index is 4.28. The molecule has 76 valence electrons. The van der Waals surface area contributed by atoms with Crippen molar-refractivity contribution >= 4 is 11.0 Å². The van der Waals surface area contributed by atoms with Crippen molar-refractivity contribution in [1.29, 1.82) is 0 Å². The zero-order valence-electron chi connectivity index (χ0n) is 9.91. The number of imidazole rings is 1. The van der Waals surface area contributed by atoms with E-state index in [0.29, 0.717) is 0 Å². The Hall–Kier alpha value is 0.295. The number of nitrogens with zero attached hydrogens (tertiary/aromatic N) is 2. The van der Waals surface area contributed by atoms with Gasteiger partial charge in [0.05, 0.1) is 0 Å². The second-order valence-electron chi connectivity index (χ2n) is 2.55. The topological polar surface area (TPSA) is 42.2 Å². The number of rotatable bonds is 1. The zero-order chi connectivity index (χ0) is 10.4. The molecule has 0 fully saturated rings. The van der Waals surface area contributed by atoms with Crippen molar-refractivity contribution in [3.63, 3.8) is 0 Å². The number of aromatic amines is 1. The molecule has 1 aromatic carbocycles. The van der Waals surface area contributed by atoms with E-state index in [2.05, 4.69) is 15.0 Å². The standard InChI is InChI=1S/C9H10N3.C2H6.Rb/c1-2-10-9-11-7-5-3-4-6-8(7)12-9;1-2;/h3-6H,2H2,1H3,(H-,10,11,12);1-2H3;/q-1;;+1. The summed E-state index contributed by atoms with van der Waals surface area (Å²) in [5.74, 6) is 0. The fraction of sp³-hybridized carbons (Fsp3) is 0.364. The molecule has 1 aromatic heterocycles. The molecule has 0 aliphatic carbocycles. The van der Waals surface area contributed by atoms with Gasteiger partial charge in [-0.25, -0.2) is 0 Å². The molecule has 0 bridgehead atoms. The first kappa shape index (κ1) is 15.3. The van der Waals surface area contributed by atoms with E-state index < -0.39 is 0 Å². The van der Waals surface area contributed by atoms with Crippen molar-refractivity contribution in [1.82, 2.24) is 9.97 Å². The molecule has 0 atom stereocenters. The molecule has 0 saturated heterocycles. The van der Waals surface area contributed by atoms with Gasteiger partial charge in [0.2, 0.25) is 0 Å². The van der Waals surface area contributed by atoms with Crippen molar-refractivity contribution in [2.24, 2.45) is 4.99 Å². The average molecular weight is 276 g/mol. The molecule has 15 heavy (non-hydrogen) atoms. The summed E-state index contributed by atoms with van der Waals surface area (Å²) < 4.78 is 0. The molecule has 2 rings (SSSR count). The molecular formula is C11H16N3Rb. The third-order valence-electron chi connectivity index (χ3n) is 1.68. The van der Waals surface area contributed by atoms with E-state index in [1.807, 2.05) is 45.0 Å². The Morgan fingerprint density at radius 1 is 1.27 bits per heavy atom. The van der Waals surface area contributed by atoms with Crippen LogP contribution in [0, 0.1) is 0 Å². The van der Waals surface area contributed by atoms with Crippen LogP contribution in [-0.4, -0.2) is 11.5 Å². The van der Waals surface area contributed by atoms with Gasteiger partial charge in [-0.05, 0) is 12.1 Å². The molecule has 0 radical (unpaired) electrons. The van der Waals surface area contributed by atoms with Crippen LogP contribution in [0.4, 0.5) is 0 Å². The van der Waals surface area contributed by atoms with Gasteiger partial charge in [0.25, 0.3) is 0 Å². The van der Waals surface area contributed by atoms with Gasteiger partial charge < -0.3 is 15.0 Å². The van der Waals surface area contributed by atoms with Gasteiger partial charge in [-0.2, -0.15) is 0 Å². The van der Waals surface area contributed by atoms with Gasteiger partial charge in [-0.15, -0.1) is 0 Å². The average Bonchev–Trinajstić information content (AvgIpc) is 2.63. The number of benzene rings is 1. The summed E-state index contributed by atoms with van der Waals surface area (Å²) in [6.07, 6.45) is 0. The second kappa shape index (κ2) is 8.45. The molecule has 0 spiro atoms. The van der Waals surface area contributed by atoms with Crippen LogP contribution in [0.5, 0.6) is 0 Å². The molecule has 0 aliphatic rings. The monoisotopic (exact) mass is 275 g/mol. The third kappa shape index (κ3) is 4.35. The van der Waals surface area contributed by atoms with Crippen molar-refractivity contribution in [3.8, 4) is 0 Å². The predicted molar refractivity (Wildman–Crippen MR) is 59.1 cm³/mol. The molecule has 0 aliphatic heterocycles.